The lowest BCUT2D eigenvalue weighted by molar-refractivity contribution is 0.102. The summed E-state index contributed by atoms with van der Waals surface area (Å²) >= 11 is 0. The Kier molecular flexibility index (Phi) is 3.58. The van der Waals surface area contributed by atoms with Crippen molar-refractivity contribution in [3.05, 3.63) is 81.9 Å². The van der Waals surface area contributed by atoms with E-state index >= 15 is 0 Å². The first kappa shape index (κ1) is 16.0. The predicted molar refractivity (Wildman–Crippen MR) is 95.0 cm³/mol. The van der Waals surface area contributed by atoms with E-state index in [0.717, 1.165) is 5.56 Å². The number of hydrogen-bond acceptors (Lipinski definition) is 5. The highest BCUT2D eigenvalue weighted by molar-refractivity contribution is 6.15. The van der Waals surface area contributed by atoms with Crippen molar-refractivity contribution >= 4 is 5.78 Å². The van der Waals surface area contributed by atoms with Crippen molar-refractivity contribution in [1.29, 1.82) is 0 Å². The molecule has 3 aromatic rings. The lowest BCUT2D eigenvalue weighted by Gasteiger charge is -2.21. The van der Waals surface area contributed by atoms with E-state index in [4.69, 9.17) is 0 Å². The number of carbonyl (C=O) groups is 1. The standard InChI is InChI=1S/C21H16O5/c22-15-7-4-11(9-17(15)24)8-14-6-5-13-10-12-2-1-3-16(23)18(12)21(26)19(13)20(14)25/h1-7,9,22-25H,8,10H2. The van der Waals surface area contributed by atoms with E-state index < -0.39 is 5.78 Å². The van der Waals surface area contributed by atoms with Crippen LogP contribution in [0.5, 0.6) is 23.0 Å². The number of benzene rings is 3. The Morgan fingerprint density at radius 1 is 0.769 bits per heavy atom. The molecular weight excluding hydrogens is 332 g/mol. The van der Waals surface area contributed by atoms with Crippen LogP contribution in [0, 0.1) is 0 Å². The Morgan fingerprint density at radius 2 is 1.54 bits per heavy atom. The maximum absolute atomic E-state index is 12.9. The zero-order valence-corrected chi connectivity index (χ0v) is 13.7. The number of rotatable bonds is 2. The second kappa shape index (κ2) is 5.81. The molecule has 1 aliphatic rings. The van der Waals surface area contributed by atoms with Gasteiger partial charge in [-0.3, -0.25) is 4.79 Å². The van der Waals surface area contributed by atoms with Crippen molar-refractivity contribution in [2.45, 2.75) is 12.8 Å². The molecule has 0 unspecified atom stereocenters. The van der Waals surface area contributed by atoms with E-state index in [2.05, 4.69) is 0 Å². The van der Waals surface area contributed by atoms with Crippen LogP contribution in [0.4, 0.5) is 0 Å². The van der Waals surface area contributed by atoms with Crippen LogP contribution in [0.1, 0.15) is 38.2 Å². The molecule has 1 aliphatic carbocycles. The first-order valence-electron chi connectivity index (χ1n) is 8.16. The number of phenols is 4. The maximum Gasteiger partial charge on any atom is 0.201 e. The van der Waals surface area contributed by atoms with Crippen LogP contribution in [-0.4, -0.2) is 26.2 Å². The summed E-state index contributed by atoms with van der Waals surface area (Å²) in [6.07, 6.45) is 0.743. The van der Waals surface area contributed by atoms with Crippen LogP contribution in [0.2, 0.25) is 0 Å². The van der Waals surface area contributed by atoms with Crippen molar-refractivity contribution in [2.24, 2.45) is 0 Å². The molecule has 5 nitrogen and oxygen atoms in total. The Labute approximate surface area is 149 Å². The lowest BCUT2D eigenvalue weighted by atomic mass is 9.82. The van der Waals surface area contributed by atoms with E-state index in [1.54, 1.807) is 30.3 Å². The summed E-state index contributed by atoms with van der Waals surface area (Å²) in [6.45, 7) is 0. The van der Waals surface area contributed by atoms with E-state index in [0.29, 0.717) is 23.1 Å². The summed E-state index contributed by atoms with van der Waals surface area (Å²) in [5, 5.41) is 39.8. The minimum absolute atomic E-state index is 0.0913. The van der Waals surface area contributed by atoms with E-state index in [1.165, 1.54) is 18.2 Å². The molecule has 0 atom stereocenters. The van der Waals surface area contributed by atoms with Gasteiger partial charge in [-0.15, -0.1) is 0 Å². The fourth-order valence-electron chi connectivity index (χ4n) is 3.44. The first-order chi connectivity index (χ1) is 12.5. The van der Waals surface area contributed by atoms with E-state index in [9.17, 15) is 25.2 Å². The molecule has 4 rings (SSSR count). The molecule has 0 heterocycles. The first-order valence-corrected chi connectivity index (χ1v) is 8.16. The fraction of sp³-hybridized carbons (Fsp3) is 0.0952. The highest BCUT2D eigenvalue weighted by atomic mass is 16.3. The normalized spacial score (nSPS) is 12.5. The molecular formula is C21H16O5. The molecule has 0 spiro atoms. The summed E-state index contributed by atoms with van der Waals surface area (Å²) in [5.41, 5.74) is 3.10. The van der Waals surface area contributed by atoms with Gasteiger partial charge in [-0.2, -0.15) is 0 Å². The summed E-state index contributed by atoms with van der Waals surface area (Å²) < 4.78 is 0. The molecule has 0 aromatic heterocycles. The minimum Gasteiger partial charge on any atom is -0.507 e. The molecule has 0 saturated heterocycles. The summed E-state index contributed by atoms with van der Waals surface area (Å²) in [6, 6.07) is 12.9. The third-order valence-electron chi connectivity index (χ3n) is 4.75. The Bertz CT molecular complexity index is 1050. The molecule has 0 fully saturated rings. The van der Waals surface area contributed by atoms with Gasteiger partial charge in [-0.1, -0.05) is 30.3 Å². The molecule has 0 amide bonds. The Hall–Kier alpha value is -3.47. The molecule has 0 bridgehead atoms. The van der Waals surface area contributed by atoms with Gasteiger partial charge in [0.25, 0.3) is 0 Å². The summed E-state index contributed by atoms with van der Waals surface area (Å²) in [7, 11) is 0. The van der Waals surface area contributed by atoms with Crippen LogP contribution in [0.15, 0.2) is 48.5 Å². The molecule has 130 valence electrons. The highest BCUT2D eigenvalue weighted by Gasteiger charge is 2.29. The van der Waals surface area contributed by atoms with Gasteiger partial charge in [0.2, 0.25) is 5.78 Å². The van der Waals surface area contributed by atoms with E-state index in [-0.39, 0.29) is 40.5 Å². The number of phenolic OH excluding ortho intramolecular Hbond substituents is 4. The molecule has 4 N–H and O–H groups in total. The van der Waals surface area contributed by atoms with Crippen molar-refractivity contribution in [1.82, 2.24) is 0 Å². The zero-order valence-electron chi connectivity index (χ0n) is 13.7. The predicted octanol–water partition coefficient (Wildman–Crippen LogP) is 3.24. The largest absolute Gasteiger partial charge is 0.507 e. The topological polar surface area (TPSA) is 98.0 Å². The van der Waals surface area contributed by atoms with Crippen molar-refractivity contribution in [2.75, 3.05) is 0 Å². The monoisotopic (exact) mass is 348 g/mol. The van der Waals surface area contributed by atoms with Gasteiger partial charge in [0.05, 0.1) is 11.1 Å². The number of fused-ring (bicyclic) bond motifs is 2. The van der Waals surface area contributed by atoms with Gasteiger partial charge in [0.1, 0.15) is 11.5 Å². The van der Waals surface area contributed by atoms with Crippen molar-refractivity contribution < 1.29 is 25.2 Å². The third-order valence-corrected chi connectivity index (χ3v) is 4.75. The molecule has 5 heteroatoms. The number of hydrogen-bond donors (Lipinski definition) is 4. The fourth-order valence-corrected chi connectivity index (χ4v) is 3.44. The number of carbonyl (C=O) groups excluding carboxylic acids is 1. The molecule has 0 radical (unpaired) electrons. The molecule has 26 heavy (non-hydrogen) atoms. The average molecular weight is 348 g/mol. The van der Waals surface area contributed by atoms with Crippen LogP contribution >= 0.6 is 0 Å². The lowest BCUT2D eigenvalue weighted by Crippen LogP contribution is -2.16. The van der Waals surface area contributed by atoms with Gasteiger partial charge in [-0.25, -0.2) is 0 Å². The highest BCUT2D eigenvalue weighted by Crippen LogP contribution is 2.38. The minimum atomic E-state index is -0.396. The number of ketones is 1. The second-order valence-corrected chi connectivity index (χ2v) is 6.42. The third kappa shape index (κ3) is 2.45. The second-order valence-electron chi connectivity index (χ2n) is 6.42. The van der Waals surface area contributed by atoms with Crippen molar-refractivity contribution in [3.8, 4) is 23.0 Å². The summed E-state index contributed by atoms with van der Waals surface area (Å²) in [4.78, 5) is 12.9. The van der Waals surface area contributed by atoms with Gasteiger partial charge < -0.3 is 20.4 Å². The van der Waals surface area contributed by atoms with Crippen LogP contribution in [0.25, 0.3) is 0 Å². The smallest absolute Gasteiger partial charge is 0.201 e. The average Bonchev–Trinajstić information content (AvgIpc) is 2.60. The summed E-state index contributed by atoms with van der Waals surface area (Å²) in [5.74, 6) is -1.06. The number of aromatic hydroxyl groups is 4. The van der Waals surface area contributed by atoms with E-state index in [1.807, 2.05) is 0 Å². The quantitative estimate of drug-likeness (QED) is 0.417. The Morgan fingerprint density at radius 3 is 2.31 bits per heavy atom. The van der Waals surface area contributed by atoms with Gasteiger partial charge in [0, 0.05) is 6.42 Å². The van der Waals surface area contributed by atoms with Gasteiger partial charge in [-0.05, 0) is 46.9 Å². The van der Waals surface area contributed by atoms with Crippen LogP contribution in [0.3, 0.4) is 0 Å². The maximum atomic E-state index is 12.9. The van der Waals surface area contributed by atoms with Crippen LogP contribution < -0.4 is 0 Å². The van der Waals surface area contributed by atoms with Crippen LogP contribution in [-0.2, 0) is 12.8 Å². The van der Waals surface area contributed by atoms with Crippen molar-refractivity contribution in [3.63, 3.8) is 0 Å². The zero-order chi connectivity index (χ0) is 18.4. The van der Waals surface area contributed by atoms with Gasteiger partial charge in [0.15, 0.2) is 11.5 Å². The molecule has 3 aromatic carbocycles. The Balaban J connectivity index is 1.77. The molecule has 0 aliphatic heterocycles. The molecule has 0 saturated carbocycles. The SMILES string of the molecule is O=C1c2c(O)cccc2Cc2ccc(Cc3ccc(O)c(O)c3)c(O)c21. The van der Waals surface area contributed by atoms with Gasteiger partial charge >= 0.3 is 0 Å².